The number of thioether (sulfide) groups is 1. The van der Waals surface area contributed by atoms with Crippen molar-refractivity contribution in [2.75, 3.05) is 11.6 Å². The van der Waals surface area contributed by atoms with E-state index < -0.39 is 0 Å². The van der Waals surface area contributed by atoms with Crippen LogP contribution in [0, 0.1) is 0 Å². The van der Waals surface area contributed by atoms with Crippen LogP contribution in [-0.2, 0) is 0 Å². The van der Waals surface area contributed by atoms with Crippen LogP contribution in [0.2, 0.25) is 0 Å². The molecule has 0 fully saturated rings. The lowest BCUT2D eigenvalue weighted by molar-refractivity contribution is 0.475. The fraction of sp³-hybridized carbons (Fsp3) is 0.0588. The van der Waals surface area contributed by atoms with Crippen molar-refractivity contribution in [2.24, 2.45) is 0 Å². The SMILES string of the molecule is CSc1nc(Nc2cccc(O)c2)cc(-c2ccccc2)n1. The molecule has 1 heterocycles. The monoisotopic (exact) mass is 309 g/mol. The summed E-state index contributed by atoms with van der Waals surface area (Å²) in [5.41, 5.74) is 2.69. The molecule has 0 aliphatic rings. The van der Waals surface area contributed by atoms with E-state index in [0.717, 1.165) is 16.9 Å². The van der Waals surface area contributed by atoms with Gasteiger partial charge < -0.3 is 10.4 Å². The first-order valence-corrected chi connectivity index (χ1v) is 8.01. The van der Waals surface area contributed by atoms with E-state index >= 15 is 0 Å². The molecule has 0 unspecified atom stereocenters. The third-order valence-electron chi connectivity index (χ3n) is 3.08. The highest BCUT2D eigenvalue weighted by molar-refractivity contribution is 7.98. The topological polar surface area (TPSA) is 58.0 Å². The van der Waals surface area contributed by atoms with Crippen molar-refractivity contribution < 1.29 is 5.11 Å². The van der Waals surface area contributed by atoms with Crippen LogP contribution in [0.3, 0.4) is 0 Å². The Morgan fingerprint density at radius 3 is 2.50 bits per heavy atom. The minimum absolute atomic E-state index is 0.215. The Balaban J connectivity index is 1.97. The van der Waals surface area contributed by atoms with Crippen molar-refractivity contribution in [2.45, 2.75) is 5.16 Å². The molecule has 0 radical (unpaired) electrons. The summed E-state index contributed by atoms with van der Waals surface area (Å²) in [5, 5.41) is 13.5. The zero-order chi connectivity index (χ0) is 15.4. The summed E-state index contributed by atoms with van der Waals surface area (Å²) < 4.78 is 0. The first-order valence-electron chi connectivity index (χ1n) is 6.79. The van der Waals surface area contributed by atoms with Gasteiger partial charge in [0.25, 0.3) is 0 Å². The summed E-state index contributed by atoms with van der Waals surface area (Å²) in [5.74, 6) is 0.913. The standard InChI is InChI=1S/C17H15N3OS/c1-22-17-19-15(12-6-3-2-4-7-12)11-16(20-17)18-13-8-5-9-14(21)10-13/h2-11,21H,1H3,(H,18,19,20). The number of anilines is 2. The third-order valence-corrected chi connectivity index (χ3v) is 3.62. The van der Waals surface area contributed by atoms with Gasteiger partial charge in [-0.15, -0.1) is 0 Å². The minimum atomic E-state index is 0.215. The number of nitrogens with one attached hydrogen (secondary N) is 1. The Labute approximate surface area is 133 Å². The van der Waals surface area contributed by atoms with Crippen LogP contribution in [0.1, 0.15) is 0 Å². The van der Waals surface area contributed by atoms with Gasteiger partial charge in [-0.05, 0) is 18.4 Å². The van der Waals surface area contributed by atoms with Gasteiger partial charge in [0.15, 0.2) is 5.16 Å². The second-order valence-corrected chi connectivity index (χ2v) is 5.44. The lowest BCUT2D eigenvalue weighted by Crippen LogP contribution is -1.98. The van der Waals surface area contributed by atoms with E-state index in [1.54, 1.807) is 18.2 Å². The number of aromatic nitrogens is 2. The summed E-state index contributed by atoms with van der Waals surface area (Å²) in [6.45, 7) is 0. The number of hydrogen-bond acceptors (Lipinski definition) is 5. The lowest BCUT2D eigenvalue weighted by Gasteiger charge is -2.09. The van der Waals surface area contributed by atoms with Gasteiger partial charge in [0.05, 0.1) is 5.69 Å². The third kappa shape index (κ3) is 3.38. The minimum Gasteiger partial charge on any atom is -0.508 e. The predicted molar refractivity (Wildman–Crippen MR) is 90.6 cm³/mol. The van der Waals surface area contributed by atoms with Crippen LogP contribution < -0.4 is 5.32 Å². The zero-order valence-corrected chi connectivity index (χ0v) is 12.8. The van der Waals surface area contributed by atoms with E-state index in [2.05, 4.69) is 15.3 Å². The number of rotatable bonds is 4. The molecule has 5 heteroatoms. The van der Waals surface area contributed by atoms with Gasteiger partial charge in [0.2, 0.25) is 0 Å². The molecule has 0 saturated heterocycles. The molecule has 0 bridgehead atoms. The maximum absolute atomic E-state index is 9.55. The molecular weight excluding hydrogens is 294 g/mol. The Kier molecular flexibility index (Phi) is 4.25. The van der Waals surface area contributed by atoms with E-state index in [4.69, 9.17) is 0 Å². The number of phenolic OH excluding ortho intramolecular Hbond substituents is 1. The summed E-state index contributed by atoms with van der Waals surface area (Å²) in [7, 11) is 0. The second-order valence-electron chi connectivity index (χ2n) is 4.67. The van der Waals surface area contributed by atoms with Gasteiger partial charge >= 0.3 is 0 Å². The fourth-order valence-corrected chi connectivity index (χ4v) is 2.45. The average Bonchev–Trinajstić information content (AvgIpc) is 2.55. The number of hydrogen-bond donors (Lipinski definition) is 2. The van der Waals surface area contributed by atoms with E-state index in [0.29, 0.717) is 11.0 Å². The molecule has 1 aromatic heterocycles. The summed E-state index contributed by atoms with van der Waals surface area (Å²) in [6.07, 6.45) is 1.95. The number of nitrogens with zero attached hydrogens (tertiary/aromatic N) is 2. The van der Waals surface area contributed by atoms with E-state index in [-0.39, 0.29) is 5.75 Å². The molecular formula is C17H15N3OS. The Hall–Kier alpha value is -2.53. The van der Waals surface area contributed by atoms with Gasteiger partial charge in [-0.25, -0.2) is 9.97 Å². The molecule has 2 aromatic carbocycles. The molecule has 110 valence electrons. The summed E-state index contributed by atoms with van der Waals surface area (Å²) in [4.78, 5) is 9.01. The second kappa shape index (κ2) is 6.49. The maximum Gasteiger partial charge on any atom is 0.189 e. The van der Waals surface area contributed by atoms with Gasteiger partial charge in [-0.3, -0.25) is 0 Å². The lowest BCUT2D eigenvalue weighted by atomic mass is 10.1. The van der Waals surface area contributed by atoms with E-state index in [1.807, 2.05) is 48.7 Å². The molecule has 22 heavy (non-hydrogen) atoms. The summed E-state index contributed by atoms with van der Waals surface area (Å²) in [6, 6.07) is 18.8. The molecule has 0 saturated carbocycles. The van der Waals surface area contributed by atoms with Crippen molar-refractivity contribution in [1.29, 1.82) is 0 Å². The highest BCUT2D eigenvalue weighted by atomic mass is 32.2. The van der Waals surface area contributed by atoms with Gasteiger partial charge in [-0.1, -0.05) is 48.2 Å². The highest BCUT2D eigenvalue weighted by Crippen LogP contribution is 2.25. The van der Waals surface area contributed by atoms with Crippen molar-refractivity contribution >= 4 is 23.3 Å². The van der Waals surface area contributed by atoms with Gasteiger partial charge in [-0.2, -0.15) is 0 Å². The first-order chi connectivity index (χ1) is 10.7. The van der Waals surface area contributed by atoms with Gasteiger partial charge in [0, 0.05) is 23.4 Å². The number of aromatic hydroxyl groups is 1. The van der Waals surface area contributed by atoms with Crippen molar-refractivity contribution in [1.82, 2.24) is 9.97 Å². The predicted octanol–water partition coefficient (Wildman–Crippen LogP) is 4.31. The molecule has 0 amide bonds. The van der Waals surface area contributed by atoms with E-state index in [1.165, 1.54) is 11.8 Å². The van der Waals surface area contributed by atoms with Crippen LogP contribution in [0.5, 0.6) is 5.75 Å². The number of benzene rings is 2. The molecule has 3 aromatic rings. The molecule has 0 spiro atoms. The molecule has 0 atom stereocenters. The Bertz CT molecular complexity index is 778. The van der Waals surface area contributed by atoms with Crippen molar-refractivity contribution in [3.8, 4) is 17.0 Å². The Morgan fingerprint density at radius 1 is 0.955 bits per heavy atom. The van der Waals surface area contributed by atoms with Crippen molar-refractivity contribution in [3.05, 3.63) is 60.7 Å². The van der Waals surface area contributed by atoms with Gasteiger partial charge in [0.1, 0.15) is 11.6 Å². The highest BCUT2D eigenvalue weighted by Gasteiger charge is 2.06. The van der Waals surface area contributed by atoms with E-state index in [9.17, 15) is 5.11 Å². The molecule has 2 N–H and O–H groups in total. The Morgan fingerprint density at radius 2 is 1.77 bits per heavy atom. The fourth-order valence-electron chi connectivity index (χ4n) is 2.07. The molecule has 4 nitrogen and oxygen atoms in total. The zero-order valence-electron chi connectivity index (χ0n) is 12.0. The van der Waals surface area contributed by atoms with Crippen LogP contribution >= 0.6 is 11.8 Å². The molecule has 0 aliphatic carbocycles. The van der Waals surface area contributed by atoms with Crippen LogP contribution in [0.25, 0.3) is 11.3 Å². The van der Waals surface area contributed by atoms with Crippen molar-refractivity contribution in [3.63, 3.8) is 0 Å². The first kappa shape index (κ1) is 14.4. The summed E-state index contributed by atoms with van der Waals surface area (Å²) >= 11 is 1.49. The van der Waals surface area contributed by atoms with Crippen LogP contribution in [0.4, 0.5) is 11.5 Å². The average molecular weight is 309 g/mol. The van der Waals surface area contributed by atoms with Crippen LogP contribution in [-0.4, -0.2) is 21.3 Å². The molecule has 3 rings (SSSR count). The normalized spacial score (nSPS) is 10.4. The maximum atomic E-state index is 9.55. The molecule has 0 aliphatic heterocycles. The quantitative estimate of drug-likeness (QED) is 0.555. The number of phenols is 1. The smallest absolute Gasteiger partial charge is 0.189 e. The van der Waals surface area contributed by atoms with Crippen LogP contribution in [0.15, 0.2) is 65.8 Å². The largest absolute Gasteiger partial charge is 0.508 e.